The highest BCUT2D eigenvalue weighted by atomic mass is 31.2. The van der Waals surface area contributed by atoms with Crippen LogP contribution in [0.5, 0.6) is 0 Å². The third-order valence-corrected chi connectivity index (χ3v) is 10.6. The summed E-state index contributed by atoms with van der Waals surface area (Å²) in [6, 6.07) is 0. The van der Waals surface area contributed by atoms with Gasteiger partial charge in [-0.1, -0.05) is 185 Å². The smallest absolute Gasteiger partial charge is 0.462 e. The average molecular weight is 797 g/mol. The van der Waals surface area contributed by atoms with E-state index in [1.807, 2.05) is 6.08 Å². The van der Waals surface area contributed by atoms with Gasteiger partial charge in [-0.25, -0.2) is 4.57 Å². The van der Waals surface area contributed by atoms with Crippen LogP contribution in [-0.2, 0) is 32.9 Å². The molecule has 0 aliphatic carbocycles. The molecule has 9 nitrogen and oxygen atoms in total. The van der Waals surface area contributed by atoms with Gasteiger partial charge in [0.25, 0.3) is 0 Å². The topological polar surface area (TPSA) is 132 Å². The first-order chi connectivity index (χ1) is 26.7. The largest absolute Gasteiger partial charge is 0.469 e. The number of unbranched alkanes of at least 4 members (excludes halogenated alkanes) is 21. The highest BCUT2D eigenvalue weighted by Crippen LogP contribution is 2.36. The number of carbonyl (C=O) groups is 2. The molecular weight excluding hydrogens is 715 g/mol. The quantitative estimate of drug-likeness (QED) is 0.0204. The molecule has 0 bridgehead atoms. The Labute approximate surface area is 336 Å². The van der Waals surface area contributed by atoms with Crippen molar-refractivity contribution in [1.82, 2.24) is 0 Å². The fourth-order valence-corrected chi connectivity index (χ4v) is 7.00. The number of phosphoric acid groups is 1. The van der Waals surface area contributed by atoms with Gasteiger partial charge in [0.15, 0.2) is 6.10 Å². The Hall–Kier alpha value is -1.77. The maximum atomic E-state index is 12.4. The molecule has 0 aromatic carbocycles. The normalized spacial score (nSPS) is 16.4. The van der Waals surface area contributed by atoms with E-state index >= 15 is 0 Å². The Balaban J connectivity index is 2.05. The van der Waals surface area contributed by atoms with Crippen LogP contribution in [0.1, 0.15) is 206 Å². The molecule has 2 unspecified atom stereocenters. The van der Waals surface area contributed by atoms with Crippen LogP contribution in [0.2, 0.25) is 0 Å². The molecule has 1 rings (SSSR count). The fraction of sp³-hybridized carbons (Fsp3) is 0.822. The van der Waals surface area contributed by atoms with Crippen LogP contribution in [0, 0.1) is 0 Å². The number of carbonyl (C=O) groups excluding carboxylic acids is 2. The summed E-state index contributed by atoms with van der Waals surface area (Å²) in [6.07, 6.45) is 46.2. The molecule has 1 aliphatic heterocycles. The third-order valence-electron chi connectivity index (χ3n) is 10.1. The van der Waals surface area contributed by atoms with Gasteiger partial charge >= 0.3 is 19.8 Å². The first kappa shape index (κ1) is 51.2. The second kappa shape index (κ2) is 36.6. The van der Waals surface area contributed by atoms with Crippen molar-refractivity contribution in [1.29, 1.82) is 0 Å². The molecule has 10 heteroatoms. The van der Waals surface area contributed by atoms with Crippen molar-refractivity contribution >= 4 is 19.8 Å². The minimum atomic E-state index is -4.77. The van der Waals surface area contributed by atoms with Crippen LogP contribution < -0.4 is 0 Å². The molecular formula is C45H81O9P. The molecule has 0 radical (unpaired) electrons. The van der Waals surface area contributed by atoms with E-state index < -0.39 is 32.5 Å². The van der Waals surface area contributed by atoms with E-state index in [2.05, 4.69) is 48.8 Å². The lowest BCUT2D eigenvalue weighted by molar-refractivity contribution is -0.161. The Kier molecular flexibility index (Phi) is 34.1. The third kappa shape index (κ3) is 36.3. The summed E-state index contributed by atoms with van der Waals surface area (Å²) in [6.45, 7) is 3.63. The first-order valence-corrected chi connectivity index (χ1v) is 23.9. The Morgan fingerprint density at radius 3 is 1.60 bits per heavy atom. The molecule has 55 heavy (non-hydrogen) atoms. The van der Waals surface area contributed by atoms with Gasteiger partial charge in [-0.15, -0.1) is 0 Å². The van der Waals surface area contributed by atoms with Gasteiger partial charge in [0, 0.05) is 12.8 Å². The zero-order valence-corrected chi connectivity index (χ0v) is 35.9. The fourth-order valence-electron chi connectivity index (χ4n) is 6.64. The second-order valence-corrected chi connectivity index (χ2v) is 16.7. The molecule has 0 amide bonds. The molecule has 1 fully saturated rings. The highest BCUT2D eigenvalue weighted by molar-refractivity contribution is 7.46. The molecule has 0 spiro atoms. The summed E-state index contributed by atoms with van der Waals surface area (Å²) in [4.78, 5) is 42.9. The van der Waals surface area contributed by atoms with E-state index in [1.54, 1.807) is 0 Å². The van der Waals surface area contributed by atoms with Gasteiger partial charge in [0.1, 0.15) is 6.61 Å². The molecule has 1 heterocycles. The Morgan fingerprint density at radius 2 is 1.05 bits per heavy atom. The maximum Gasteiger partial charge on any atom is 0.469 e. The van der Waals surface area contributed by atoms with Crippen molar-refractivity contribution in [2.75, 3.05) is 13.2 Å². The maximum absolute atomic E-state index is 12.4. The lowest BCUT2D eigenvalue weighted by atomic mass is 10.0. The average Bonchev–Trinajstić information content (AvgIpc) is 3.91. The number of ether oxygens (including phenoxy) is 3. The molecule has 1 aliphatic rings. The molecule has 2 N–H and O–H groups in total. The van der Waals surface area contributed by atoms with Gasteiger partial charge in [-0.3, -0.25) is 14.1 Å². The van der Waals surface area contributed by atoms with Crippen molar-refractivity contribution in [3.63, 3.8) is 0 Å². The highest BCUT2D eigenvalue weighted by Gasteiger charge is 2.36. The van der Waals surface area contributed by atoms with Crippen LogP contribution in [0.4, 0.5) is 0 Å². The molecule has 3 atom stereocenters. The number of hydrogen-bond acceptors (Lipinski definition) is 7. The van der Waals surface area contributed by atoms with Crippen molar-refractivity contribution < 1.29 is 42.7 Å². The van der Waals surface area contributed by atoms with Gasteiger partial charge < -0.3 is 24.0 Å². The minimum Gasteiger partial charge on any atom is -0.462 e. The standard InChI is InChI=1S/C45H81O9P/c1-3-5-7-8-9-10-11-12-13-14-15-16-17-18-19-23-26-29-33-37-44(46)51-39-41(40-52-55(48,49)50)53-45(47)38-34-30-27-24-21-20-22-25-28-32-36-43-42(54-43)35-31-6-4-2/h20,22,24,27-28,32,41-43H,3-19,21,23,25-26,29-31,33-40H2,1-2H3,(H2,48,49,50)/b22-20-,27-24-,32-28-/t41-,42?,43?/m1/s1. The van der Waals surface area contributed by atoms with E-state index in [9.17, 15) is 14.2 Å². The van der Waals surface area contributed by atoms with E-state index in [-0.39, 0.29) is 19.4 Å². The van der Waals surface area contributed by atoms with Crippen molar-refractivity contribution in [3.05, 3.63) is 36.5 Å². The van der Waals surface area contributed by atoms with Crippen LogP contribution in [0.3, 0.4) is 0 Å². The van der Waals surface area contributed by atoms with Gasteiger partial charge in [0.05, 0.1) is 18.8 Å². The Bertz CT molecular complexity index is 1050. The summed E-state index contributed by atoms with van der Waals surface area (Å²) >= 11 is 0. The lowest BCUT2D eigenvalue weighted by Gasteiger charge is -2.18. The van der Waals surface area contributed by atoms with Gasteiger partial charge in [0.2, 0.25) is 0 Å². The summed E-state index contributed by atoms with van der Waals surface area (Å²) in [7, 11) is -4.77. The monoisotopic (exact) mass is 797 g/mol. The predicted octanol–water partition coefficient (Wildman–Crippen LogP) is 12.7. The van der Waals surface area contributed by atoms with Gasteiger partial charge in [-0.2, -0.15) is 0 Å². The summed E-state index contributed by atoms with van der Waals surface area (Å²) in [5, 5.41) is 0. The number of rotatable bonds is 40. The number of epoxide rings is 1. The van der Waals surface area contributed by atoms with Crippen molar-refractivity contribution in [2.24, 2.45) is 0 Å². The summed E-state index contributed by atoms with van der Waals surface area (Å²) in [5.41, 5.74) is 0. The zero-order chi connectivity index (χ0) is 40.1. The number of hydrogen-bond donors (Lipinski definition) is 2. The van der Waals surface area contributed by atoms with Gasteiger partial charge in [-0.05, 0) is 44.9 Å². The van der Waals surface area contributed by atoms with E-state index in [0.29, 0.717) is 25.0 Å². The Morgan fingerprint density at radius 1 is 0.582 bits per heavy atom. The van der Waals surface area contributed by atoms with Crippen molar-refractivity contribution in [2.45, 2.75) is 225 Å². The summed E-state index contributed by atoms with van der Waals surface area (Å²) in [5.74, 6) is -0.947. The van der Waals surface area contributed by atoms with Crippen LogP contribution in [-0.4, -0.2) is 53.3 Å². The SMILES string of the molecule is CCCCCCCCCCCCCCCCCCCCCC(=O)OC[C@H](COP(=O)(O)O)OC(=O)CCC/C=C\C/C=C\C/C=C\CC1OC1CCCCC. The lowest BCUT2D eigenvalue weighted by Crippen LogP contribution is -2.29. The minimum absolute atomic E-state index is 0.134. The number of phosphoric ester groups is 1. The molecule has 1 saturated heterocycles. The molecule has 0 aromatic rings. The molecule has 0 saturated carbocycles. The second-order valence-electron chi connectivity index (χ2n) is 15.4. The number of esters is 2. The van der Waals surface area contributed by atoms with Crippen LogP contribution in [0.25, 0.3) is 0 Å². The van der Waals surface area contributed by atoms with E-state index in [1.165, 1.54) is 128 Å². The van der Waals surface area contributed by atoms with Crippen LogP contribution >= 0.6 is 7.82 Å². The number of allylic oxidation sites excluding steroid dienone is 5. The van der Waals surface area contributed by atoms with E-state index in [4.69, 9.17) is 24.0 Å². The molecule has 320 valence electrons. The van der Waals surface area contributed by atoms with E-state index in [0.717, 1.165) is 38.5 Å². The molecule has 0 aromatic heterocycles. The van der Waals surface area contributed by atoms with Crippen molar-refractivity contribution in [3.8, 4) is 0 Å². The zero-order valence-electron chi connectivity index (χ0n) is 35.0. The summed E-state index contributed by atoms with van der Waals surface area (Å²) < 4.78 is 32.1. The predicted molar refractivity (Wildman–Crippen MR) is 225 cm³/mol. The van der Waals surface area contributed by atoms with Crippen LogP contribution in [0.15, 0.2) is 36.5 Å². The first-order valence-electron chi connectivity index (χ1n) is 22.4.